The number of hydrogen-bond acceptors (Lipinski definition) is 2. The molecule has 18 heavy (non-hydrogen) atoms. The molecule has 0 spiro atoms. The van der Waals surface area contributed by atoms with Gasteiger partial charge in [0, 0.05) is 36.7 Å². The standard InChI is InChI=1S/C15H18N2O/c1-12-11-17(13(2)10-16-12)15(18)9-8-14-6-4-3-5-7-14/h3-7,12-13,16H,10-11H2,1-2H3. The molecule has 1 aromatic rings. The smallest absolute Gasteiger partial charge is 0.299 e. The predicted octanol–water partition coefficient (Wildman–Crippen LogP) is 1.25. The Bertz CT molecular complexity index is 472. The minimum Gasteiger partial charge on any atom is -0.326 e. The van der Waals surface area contributed by atoms with Crippen molar-refractivity contribution in [2.45, 2.75) is 25.9 Å². The Hall–Kier alpha value is -1.79. The molecule has 1 heterocycles. The van der Waals surface area contributed by atoms with Crippen LogP contribution >= 0.6 is 0 Å². The zero-order chi connectivity index (χ0) is 13.0. The van der Waals surface area contributed by atoms with Crippen LogP contribution in [-0.2, 0) is 4.79 Å². The molecule has 0 bridgehead atoms. The van der Waals surface area contributed by atoms with Gasteiger partial charge in [-0.1, -0.05) is 24.1 Å². The van der Waals surface area contributed by atoms with Crippen LogP contribution in [0.4, 0.5) is 0 Å². The number of hydrogen-bond donors (Lipinski definition) is 1. The van der Waals surface area contributed by atoms with Crippen molar-refractivity contribution in [2.75, 3.05) is 13.1 Å². The molecule has 2 unspecified atom stereocenters. The summed E-state index contributed by atoms with van der Waals surface area (Å²) in [5.41, 5.74) is 0.877. The number of rotatable bonds is 0. The zero-order valence-corrected chi connectivity index (χ0v) is 10.8. The highest BCUT2D eigenvalue weighted by Gasteiger charge is 2.25. The summed E-state index contributed by atoms with van der Waals surface area (Å²) in [5, 5.41) is 3.35. The highest BCUT2D eigenvalue weighted by atomic mass is 16.2. The second-order valence-corrected chi connectivity index (χ2v) is 4.73. The van der Waals surface area contributed by atoms with Gasteiger partial charge in [0.05, 0.1) is 0 Å². The Labute approximate surface area is 108 Å². The lowest BCUT2D eigenvalue weighted by Gasteiger charge is -2.36. The van der Waals surface area contributed by atoms with E-state index >= 15 is 0 Å². The van der Waals surface area contributed by atoms with Crippen LogP contribution in [0.1, 0.15) is 19.4 Å². The molecule has 1 amide bonds. The third kappa shape index (κ3) is 3.12. The maximum Gasteiger partial charge on any atom is 0.299 e. The summed E-state index contributed by atoms with van der Waals surface area (Å²) >= 11 is 0. The lowest BCUT2D eigenvalue weighted by Crippen LogP contribution is -2.56. The Morgan fingerprint density at radius 2 is 2.06 bits per heavy atom. The molecule has 1 saturated heterocycles. The van der Waals surface area contributed by atoms with Crippen molar-refractivity contribution in [3.63, 3.8) is 0 Å². The van der Waals surface area contributed by atoms with Crippen LogP contribution in [0.2, 0.25) is 0 Å². The van der Waals surface area contributed by atoms with Crippen molar-refractivity contribution < 1.29 is 4.79 Å². The number of nitrogens with zero attached hydrogens (tertiary/aromatic N) is 1. The molecule has 1 aliphatic heterocycles. The van der Waals surface area contributed by atoms with Crippen LogP contribution in [-0.4, -0.2) is 36.0 Å². The van der Waals surface area contributed by atoms with Crippen molar-refractivity contribution in [1.82, 2.24) is 10.2 Å². The first-order chi connectivity index (χ1) is 8.66. The van der Waals surface area contributed by atoms with E-state index in [2.05, 4.69) is 24.1 Å². The maximum absolute atomic E-state index is 12.1. The molecule has 2 atom stereocenters. The molecule has 0 saturated carbocycles. The summed E-state index contributed by atoms with van der Waals surface area (Å²) in [7, 11) is 0. The zero-order valence-electron chi connectivity index (χ0n) is 10.8. The topological polar surface area (TPSA) is 32.3 Å². The van der Waals surface area contributed by atoms with Crippen molar-refractivity contribution in [3.8, 4) is 11.8 Å². The van der Waals surface area contributed by atoms with Crippen molar-refractivity contribution in [2.24, 2.45) is 0 Å². The van der Waals surface area contributed by atoms with Crippen molar-refractivity contribution in [1.29, 1.82) is 0 Å². The van der Waals surface area contributed by atoms with Crippen LogP contribution in [0.3, 0.4) is 0 Å². The van der Waals surface area contributed by atoms with Gasteiger partial charge >= 0.3 is 0 Å². The Balaban J connectivity index is 2.06. The van der Waals surface area contributed by atoms with Crippen LogP contribution in [0, 0.1) is 11.8 Å². The van der Waals surface area contributed by atoms with Crippen molar-refractivity contribution in [3.05, 3.63) is 35.9 Å². The van der Waals surface area contributed by atoms with E-state index in [-0.39, 0.29) is 11.9 Å². The van der Waals surface area contributed by atoms with E-state index in [9.17, 15) is 4.79 Å². The molecule has 3 nitrogen and oxygen atoms in total. The fraction of sp³-hybridized carbons (Fsp3) is 0.400. The third-order valence-corrected chi connectivity index (χ3v) is 3.11. The Morgan fingerprint density at radius 3 is 2.78 bits per heavy atom. The summed E-state index contributed by atoms with van der Waals surface area (Å²) in [4.78, 5) is 13.9. The summed E-state index contributed by atoms with van der Waals surface area (Å²) in [6.07, 6.45) is 0. The van der Waals surface area contributed by atoms with Crippen molar-refractivity contribution >= 4 is 5.91 Å². The number of carbonyl (C=O) groups excluding carboxylic acids is 1. The van der Waals surface area contributed by atoms with E-state index < -0.39 is 0 Å². The van der Waals surface area contributed by atoms with E-state index in [1.165, 1.54) is 0 Å². The minimum atomic E-state index is -0.0836. The quantitative estimate of drug-likeness (QED) is 0.694. The van der Waals surface area contributed by atoms with E-state index in [0.29, 0.717) is 6.04 Å². The first-order valence-corrected chi connectivity index (χ1v) is 6.28. The normalized spacial score (nSPS) is 23.1. The van der Waals surface area contributed by atoms with Crippen LogP contribution in [0.5, 0.6) is 0 Å². The van der Waals surface area contributed by atoms with Gasteiger partial charge in [-0.25, -0.2) is 0 Å². The number of benzene rings is 1. The second-order valence-electron chi connectivity index (χ2n) is 4.73. The molecule has 1 aliphatic rings. The first-order valence-electron chi connectivity index (χ1n) is 6.28. The van der Waals surface area contributed by atoms with Gasteiger partial charge in [0.1, 0.15) is 0 Å². The van der Waals surface area contributed by atoms with Crippen LogP contribution in [0.15, 0.2) is 30.3 Å². The van der Waals surface area contributed by atoms with E-state index in [1.807, 2.05) is 42.2 Å². The lowest BCUT2D eigenvalue weighted by molar-refractivity contribution is -0.128. The van der Waals surface area contributed by atoms with Gasteiger partial charge in [-0.3, -0.25) is 4.79 Å². The predicted molar refractivity (Wildman–Crippen MR) is 72.0 cm³/mol. The molecule has 1 aromatic carbocycles. The highest BCUT2D eigenvalue weighted by Crippen LogP contribution is 2.06. The average Bonchev–Trinajstić information content (AvgIpc) is 2.40. The molecular formula is C15H18N2O. The molecule has 2 rings (SSSR count). The minimum absolute atomic E-state index is 0.0836. The van der Waals surface area contributed by atoms with Gasteiger partial charge in [0.2, 0.25) is 0 Å². The molecule has 1 fully saturated rings. The number of carbonyl (C=O) groups is 1. The molecule has 94 valence electrons. The summed E-state index contributed by atoms with van der Waals surface area (Å²) in [6, 6.07) is 10.1. The number of piperazine rings is 1. The molecule has 1 N–H and O–H groups in total. The van der Waals surface area contributed by atoms with Gasteiger partial charge in [0.15, 0.2) is 0 Å². The monoisotopic (exact) mass is 242 g/mol. The van der Waals surface area contributed by atoms with E-state index in [0.717, 1.165) is 18.7 Å². The number of nitrogens with one attached hydrogen (secondary N) is 1. The first kappa shape index (κ1) is 12.7. The fourth-order valence-corrected chi connectivity index (χ4v) is 2.02. The summed E-state index contributed by atoms with van der Waals surface area (Å²) < 4.78 is 0. The highest BCUT2D eigenvalue weighted by molar-refractivity contribution is 5.94. The Kier molecular flexibility index (Phi) is 4.01. The Morgan fingerprint density at radius 1 is 1.33 bits per heavy atom. The van der Waals surface area contributed by atoms with Crippen LogP contribution in [0.25, 0.3) is 0 Å². The van der Waals surface area contributed by atoms with Gasteiger partial charge in [-0.2, -0.15) is 0 Å². The average molecular weight is 242 g/mol. The van der Waals surface area contributed by atoms with Gasteiger partial charge in [-0.05, 0) is 26.0 Å². The number of amides is 1. The molecule has 3 heteroatoms. The maximum atomic E-state index is 12.1. The molecule has 0 aromatic heterocycles. The van der Waals surface area contributed by atoms with E-state index in [4.69, 9.17) is 0 Å². The second kappa shape index (κ2) is 5.70. The van der Waals surface area contributed by atoms with E-state index in [1.54, 1.807) is 0 Å². The lowest BCUT2D eigenvalue weighted by atomic mass is 10.1. The van der Waals surface area contributed by atoms with Gasteiger partial charge in [0.25, 0.3) is 5.91 Å². The largest absolute Gasteiger partial charge is 0.326 e. The third-order valence-electron chi connectivity index (χ3n) is 3.11. The summed E-state index contributed by atoms with van der Waals surface area (Å²) in [6.45, 7) is 5.68. The molecular weight excluding hydrogens is 224 g/mol. The SMILES string of the molecule is CC1CN(C(=O)C#Cc2ccccc2)C(C)CN1. The fourth-order valence-electron chi connectivity index (χ4n) is 2.02. The van der Waals surface area contributed by atoms with Gasteiger partial charge < -0.3 is 10.2 Å². The van der Waals surface area contributed by atoms with Crippen LogP contribution < -0.4 is 5.32 Å². The summed E-state index contributed by atoms with van der Waals surface area (Å²) in [5.74, 6) is 5.56. The van der Waals surface area contributed by atoms with Gasteiger partial charge in [-0.15, -0.1) is 0 Å². The molecule has 0 aliphatic carbocycles. The molecule has 0 radical (unpaired) electrons.